The molecule has 0 bridgehead atoms. The molecule has 0 saturated carbocycles. The van der Waals surface area contributed by atoms with Gasteiger partial charge in [-0.3, -0.25) is 0 Å². The standard InChI is InChI=1S/C34H69NO6/c1-5-7-9-11-13-15-17-19-21-23-25-38-31-33(29-35-34(36)41-28-27-39-30-32(3)37-4)40-26-24-22-20-18-16-14-12-10-8-6-2/h32-33H,5-31H2,1-4H3,(H,35,36). The zero-order chi connectivity index (χ0) is 30.1. The van der Waals surface area contributed by atoms with E-state index in [9.17, 15) is 4.79 Å². The van der Waals surface area contributed by atoms with Crippen molar-refractivity contribution in [2.45, 2.75) is 161 Å². The van der Waals surface area contributed by atoms with Crippen LogP contribution in [-0.2, 0) is 23.7 Å². The summed E-state index contributed by atoms with van der Waals surface area (Å²) in [7, 11) is 1.65. The minimum absolute atomic E-state index is 0.0256. The van der Waals surface area contributed by atoms with Crippen molar-refractivity contribution in [3.05, 3.63) is 0 Å². The van der Waals surface area contributed by atoms with Crippen molar-refractivity contribution in [2.24, 2.45) is 0 Å². The van der Waals surface area contributed by atoms with E-state index in [1.54, 1.807) is 7.11 Å². The normalized spacial score (nSPS) is 12.9. The number of amides is 1. The summed E-state index contributed by atoms with van der Waals surface area (Å²) in [5, 5.41) is 2.83. The summed E-state index contributed by atoms with van der Waals surface area (Å²) >= 11 is 0. The maximum atomic E-state index is 12.1. The van der Waals surface area contributed by atoms with Gasteiger partial charge in [-0.1, -0.05) is 129 Å². The van der Waals surface area contributed by atoms with E-state index >= 15 is 0 Å². The molecule has 0 spiro atoms. The fourth-order valence-corrected chi connectivity index (χ4v) is 4.67. The molecule has 7 heteroatoms. The molecule has 7 nitrogen and oxygen atoms in total. The van der Waals surface area contributed by atoms with Gasteiger partial charge in [-0.15, -0.1) is 0 Å². The van der Waals surface area contributed by atoms with Gasteiger partial charge < -0.3 is 29.0 Å². The molecule has 2 unspecified atom stereocenters. The Kier molecular flexibility index (Phi) is 32.9. The molecule has 0 aromatic rings. The number of hydrogen-bond acceptors (Lipinski definition) is 6. The molecule has 0 aromatic carbocycles. The van der Waals surface area contributed by atoms with E-state index in [2.05, 4.69) is 19.2 Å². The second-order valence-electron chi connectivity index (χ2n) is 11.6. The van der Waals surface area contributed by atoms with Crippen molar-refractivity contribution >= 4 is 6.09 Å². The molecular weight excluding hydrogens is 518 g/mol. The predicted octanol–water partition coefficient (Wildman–Crippen LogP) is 9.01. The van der Waals surface area contributed by atoms with Gasteiger partial charge in [0.25, 0.3) is 0 Å². The fraction of sp³-hybridized carbons (Fsp3) is 0.971. The maximum Gasteiger partial charge on any atom is 0.407 e. The lowest BCUT2D eigenvalue weighted by molar-refractivity contribution is -0.0186. The van der Waals surface area contributed by atoms with E-state index in [0.29, 0.717) is 33.0 Å². The average Bonchev–Trinajstić information content (AvgIpc) is 2.98. The number of carbonyl (C=O) groups is 1. The first-order valence-corrected chi connectivity index (χ1v) is 17.3. The number of alkyl carbamates (subject to hydrolysis) is 1. The van der Waals surface area contributed by atoms with Crippen molar-refractivity contribution in [2.75, 3.05) is 53.3 Å². The van der Waals surface area contributed by atoms with Crippen molar-refractivity contribution in [3.63, 3.8) is 0 Å². The predicted molar refractivity (Wildman–Crippen MR) is 171 cm³/mol. The summed E-state index contributed by atoms with van der Waals surface area (Å²) in [6, 6.07) is 0. The highest BCUT2D eigenvalue weighted by Gasteiger charge is 2.12. The third kappa shape index (κ3) is 31.9. The Morgan fingerprint density at radius 3 is 1.56 bits per heavy atom. The van der Waals surface area contributed by atoms with Gasteiger partial charge in [0.05, 0.1) is 32.0 Å². The monoisotopic (exact) mass is 588 g/mol. The molecule has 2 atom stereocenters. The molecule has 0 rings (SSSR count). The molecular formula is C34H69NO6. The second-order valence-corrected chi connectivity index (χ2v) is 11.6. The van der Waals surface area contributed by atoms with E-state index < -0.39 is 6.09 Å². The summed E-state index contributed by atoms with van der Waals surface area (Å²) in [5.74, 6) is 0. The van der Waals surface area contributed by atoms with Gasteiger partial charge in [-0.25, -0.2) is 4.79 Å². The summed E-state index contributed by atoms with van der Waals surface area (Å²) in [6.45, 7) is 9.83. The van der Waals surface area contributed by atoms with Crippen LogP contribution in [0.15, 0.2) is 0 Å². The number of unbranched alkanes of at least 4 members (excludes halogenated alkanes) is 18. The highest BCUT2D eigenvalue weighted by atomic mass is 16.6. The van der Waals surface area contributed by atoms with E-state index in [1.807, 2.05) is 6.92 Å². The van der Waals surface area contributed by atoms with E-state index in [1.165, 1.54) is 116 Å². The molecule has 0 aliphatic heterocycles. The van der Waals surface area contributed by atoms with Crippen molar-refractivity contribution in [1.29, 1.82) is 0 Å². The molecule has 0 saturated heterocycles. The highest BCUT2D eigenvalue weighted by Crippen LogP contribution is 2.12. The van der Waals surface area contributed by atoms with Gasteiger partial charge in [-0.2, -0.15) is 0 Å². The van der Waals surface area contributed by atoms with Crippen molar-refractivity contribution in [3.8, 4) is 0 Å². The Bertz CT molecular complexity index is 521. The number of rotatable bonds is 33. The fourth-order valence-electron chi connectivity index (χ4n) is 4.67. The molecule has 1 N–H and O–H groups in total. The minimum Gasteiger partial charge on any atom is -0.447 e. The summed E-state index contributed by atoms with van der Waals surface area (Å²) in [4.78, 5) is 12.1. The third-order valence-corrected chi connectivity index (χ3v) is 7.49. The van der Waals surface area contributed by atoms with Gasteiger partial charge in [-0.05, 0) is 19.8 Å². The van der Waals surface area contributed by atoms with Crippen LogP contribution >= 0.6 is 0 Å². The third-order valence-electron chi connectivity index (χ3n) is 7.49. The topological polar surface area (TPSA) is 75.3 Å². The Labute approximate surface area is 254 Å². The smallest absolute Gasteiger partial charge is 0.407 e. The molecule has 246 valence electrons. The van der Waals surface area contributed by atoms with Crippen LogP contribution in [0.3, 0.4) is 0 Å². The molecule has 1 amide bonds. The summed E-state index contributed by atoms with van der Waals surface area (Å²) in [5.41, 5.74) is 0. The Morgan fingerprint density at radius 2 is 1.05 bits per heavy atom. The van der Waals surface area contributed by atoms with Gasteiger partial charge in [0, 0.05) is 26.9 Å². The van der Waals surface area contributed by atoms with Crippen molar-refractivity contribution in [1.82, 2.24) is 5.32 Å². The van der Waals surface area contributed by atoms with Gasteiger partial charge >= 0.3 is 6.09 Å². The molecule has 0 aliphatic carbocycles. The second kappa shape index (κ2) is 33.6. The molecule has 41 heavy (non-hydrogen) atoms. The Morgan fingerprint density at radius 1 is 0.585 bits per heavy atom. The quantitative estimate of drug-likeness (QED) is 0.0772. The largest absolute Gasteiger partial charge is 0.447 e. The zero-order valence-corrected chi connectivity index (χ0v) is 27.7. The number of methoxy groups -OCH3 is 1. The number of carbonyl (C=O) groups excluding carboxylic acids is 1. The average molecular weight is 588 g/mol. The number of ether oxygens (including phenoxy) is 5. The molecule has 0 heterocycles. The van der Waals surface area contributed by atoms with E-state index in [-0.39, 0.29) is 18.8 Å². The first-order valence-electron chi connectivity index (χ1n) is 17.3. The molecule has 0 aliphatic rings. The zero-order valence-electron chi connectivity index (χ0n) is 27.7. The van der Waals surface area contributed by atoms with E-state index in [0.717, 1.165) is 19.4 Å². The van der Waals surface area contributed by atoms with Crippen LogP contribution in [0.2, 0.25) is 0 Å². The van der Waals surface area contributed by atoms with Crippen LogP contribution < -0.4 is 5.32 Å². The lowest BCUT2D eigenvalue weighted by Crippen LogP contribution is -2.37. The first-order chi connectivity index (χ1) is 20.1. The van der Waals surface area contributed by atoms with Crippen LogP contribution in [0.25, 0.3) is 0 Å². The van der Waals surface area contributed by atoms with Crippen LogP contribution in [0.4, 0.5) is 4.79 Å². The van der Waals surface area contributed by atoms with Crippen LogP contribution in [0, 0.1) is 0 Å². The Balaban J connectivity index is 4.06. The molecule has 0 aromatic heterocycles. The molecule has 0 radical (unpaired) electrons. The van der Waals surface area contributed by atoms with Gasteiger partial charge in [0.1, 0.15) is 6.61 Å². The molecule has 0 fully saturated rings. The first kappa shape index (κ1) is 40.1. The number of hydrogen-bond donors (Lipinski definition) is 1. The van der Waals surface area contributed by atoms with Gasteiger partial charge in [0.15, 0.2) is 0 Å². The van der Waals surface area contributed by atoms with Crippen LogP contribution in [-0.4, -0.2) is 71.6 Å². The Hall–Kier alpha value is -0.890. The lowest BCUT2D eigenvalue weighted by Gasteiger charge is -2.19. The lowest BCUT2D eigenvalue weighted by atomic mass is 10.1. The highest BCUT2D eigenvalue weighted by molar-refractivity contribution is 5.67. The summed E-state index contributed by atoms with van der Waals surface area (Å²) in [6.07, 6.45) is 25.5. The van der Waals surface area contributed by atoms with Gasteiger partial charge in [0.2, 0.25) is 0 Å². The number of nitrogens with one attached hydrogen (secondary N) is 1. The van der Waals surface area contributed by atoms with Crippen LogP contribution in [0.5, 0.6) is 0 Å². The van der Waals surface area contributed by atoms with Crippen LogP contribution in [0.1, 0.15) is 149 Å². The summed E-state index contributed by atoms with van der Waals surface area (Å²) < 4.78 is 27.9. The van der Waals surface area contributed by atoms with E-state index in [4.69, 9.17) is 23.7 Å². The minimum atomic E-state index is -0.448. The van der Waals surface area contributed by atoms with Crippen molar-refractivity contribution < 1.29 is 28.5 Å². The SMILES string of the molecule is CCCCCCCCCCCCOCC(CNC(=O)OCCOCC(C)OC)OCCCCCCCCCCCC. The maximum absolute atomic E-state index is 12.1.